The Morgan fingerprint density at radius 2 is 1.77 bits per heavy atom. The van der Waals surface area contributed by atoms with Gasteiger partial charge in [-0.05, 0) is 17.7 Å². The van der Waals surface area contributed by atoms with Crippen molar-refractivity contribution in [2.24, 2.45) is 0 Å². The Bertz CT molecular complexity index is 1060. The number of aliphatic hydroxyl groups excluding tert-OH is 1. The van der Waals surface area contributed by atoms with Gasteiger partial charge in [-0.15, -0.1) is 0 Å². The third-order valence-corrected chi connectivity index (χ3v) is 4.27. The summed E-state index contributed by atoms with van der Waals surface area (Å²) in [5, 5.41) is 9.96. The normalized spacial score (nSPS) is 11.0. The number of benzene rings is 1. The molecule has 0 amide bonds. The number of carbonyl (C=O) groups is 1. The molecule has 0 saturated heterocycles. The van der Waals surface area contributed by atoms with Crippen molar-refractivity contribution in [3.63, 3.8) is 0 Å². The molecule has 0 spiro atoms. The van der Waals surface area contributed by atoms with E-state index >= 15 is 0 Å². The maximum absolute atomic E-state index is 11.5. The molecule has 26 heavy (non-hydrogen) atoms. The molecule has 0 aliphatic carbocycles. The molecule has 0 aliphatic rings. The van der Waals surface area contributed by atoms with Crippen molar-refractivity contribution in [1.82, 2.24) is 19.5 Å². The lowest BCUT2D eigenvalue weighted by Gasteiger charge is -2.07. The highest BCUT2D eigenvalue weighted by molar-refractivity contribution is 5.96. The van der Waals surface area contributed by atoms with E-state index in [4.69, 9.17) is 5.11 Å². The fraction of sp³-hybridized carbons (Fsp3) is 0.100. The van der Waals surface area contributed by atoms with Crippen molar-refractivity contribution in [3.05, 3.63) is 78.6 Å². The summed E-state index contributed by atoms with van der Waals surface area (Å²) in [6.45, 7) is 0.179. The van der Waals surface area contributed by atoms with Crippen LogP contribution in [0.5, 0.6) is 0 Å². The third-order valence-electron chi connectivity index (χ3n) is 4.27. The van der Waals surface area contributed by atoms with Crippen molar-refractivity contribution in [3.8, 4) is 11.1 Å². The number of rotatable bonds is 5. The van der Waals surface area contributed by atoms with Gasteiger partial charge in [0.2, 0.25) is 0 Å². The van der Waals surface area contributed by atoms with Gasteiger partial charge in [0.1, 0.15) is 18.6 Å². The van der Waals surface area contributed by atoms with E-state index in [1.807, 2.05) is 30.6 Å². The first-order chi connectivity index (χ1) is 12.7. The lowest BCUT2D eigenvalue weighted by molar-refractivity contribution is 0.0903. The van der Waals surface area contributed by atoms with E-state index in [1.165, 1.54) is 6.33 Å². The Hall–Kier alpha value is -3.38. The maximum atomic E-state index is 11.5. The van der Waals surface area contributed by atoms with Crippen LogP contribution in [0.2, 0.25) is 0 Å². The number of fused-ring (bicyclic) bond motifs is 1. The van der Waals surface area contributed by atoms with E-state index in [-0.39, 0.29) is 5.78 Å². The van der Waals surface area contributed by atoms with E-state index in [9.17, 15) is 4.79 Å². The zero-order chi connectivity index (χ0) is 17.9. The predicted octanol–water partition coefficient (Wildman–Crippen LogP) is 2.72. The Balaban J connectivity index is 1.60. The van der Waals surface area contributed by atoms with Crippen molar-refractivity contribution in [2.75, 3.05) is 6.61 Å². The van der Waals surface area contributed by atoms with Crippen LogP contribution in [0.25, 0.3) is 22.2 Å². The van der Waals surface area contributed by atoms with Gasteiger partial charge in [-0.1, -0.05) is 24.3 Å². The van der Waals surface area contributed by atoms with E-state index in [1.54, 1.807) is 24.5 Å². The molecule has 0 aliphatic heterocycles. The van der Waals surface area contributed by atoms with Gasteiger partial charge in [-0.3, -0.25) is 4.79 Å². The molecule has 0 bridgehead atoms. The highest BCUT2D eigenvalue weighted by Crippen LogP contribution is 2.22. The van der Waals surface area contributed by atoms with Crippen molar-refractivity contribution >= 4 is 16.8 Å². The second-order valence-electron chi connectivity index (χ2n) is 5.99. The van der Waals surface area contributed by atoms with Crippen LogP contribution in [-0.2, 0) is 6.54 Å². The highest BCUT2D eigenvalue weighted by atomic mass is 16.3. The van der Waals surface area contributed by atoms with Gasteiger partial charge in [0.25, 0.3) is 0 Å². The molecule has 3 heterocycles. The summed E-state index contributed by atoms with van der Waals surface area (Å²) >= 11 is 0. The number of aliphatic hydroxyl groups is 1. The minimum Gasteiger partial charge on any atom is -0.388 e. The first-order valence-electron chi connectivity index (χ1n) is 8.18. The van der Waals surface area contributed by atoms with Crippen LogP contribution >= 0.6 is 0 Å². The summed E-state index contributed by atoms with van der Waals surface area (Å²) in [5.74, 6) is -0.276. The van der Waals surface area contributed by atoms with Crippen LogP contribution in [0.1, 0.15) is 15.9 Å². The van der Waals surface area contributed by atoms with Crippen LogP contribution in [0.15, 0.2) is 67.5 Å². The molecule has 0 atom stereocenters. The second kappa shape index (κ2) is 6.85. The van der Waals surface area contributed by atoms with Crippen LogP contribution < -0.4 is 0 Å². The average Bonchev–Trinajstić information content (AvgIpc) is 3.10. The number of hydrogen-bond donors (Lipinski definition) is 1. The molecule has 1 N–H and O–H groups in total. The molecule has 128 valence electrons. The molecule has 6 heteroatoms. The Labute approximate surface area is 149 Å². The number of ketones is 1. The number of pyridine rings is 1. The third kappa shape index (κ3) is 3.10. The first kappa shape index (κ1) is 16.1. The molecule has 0 fully saturated rings. The minimum atomic E-state index is -0.472. The second-order valence-corrected chi connectivity index (χ2v) is 5.99. The number of carbonyl (C=O) groups excluding carboxylic acids is 1. The monoisotopic (exact) mass is 344 g/mol. The van der Waals surface area contributed by atoms with Gasteiger partial charge < -0.3 is 9.67 Å². The largest absolute Gasteiger partial charge is 0.388 e. The summed E-state index contributed by atoms with van der Waals surface area (Å²) < 4.78 is 2.06. The molecule has 1 aromatic carbocycles. The van der Waals surface area contributed by atoms with Crippen LogP contribution in [-0.4, -0.2) is 37.0 Å². The van der Waals surface area contributed by atoms with Crippen molar-refractivity contribution in [2.45, 2.75) is 6.54 Å². The fourth-order valence-corrected chi connectivity index (χ4v) is 2.90. The van der Waals surface area contributed by atoms with Gasteiger partial charge in [0.15, 0.2) is 5.78 Å². The minimum absolute atomic E-state index is 0.276. The van der Waals surface area contributed by atoms with E-state index in [2.05, 4.69) is 25.6 Å². The fourth-order valence-electron chi connectivity index (χ4n) is 2.90. The summed E-state index contributed by atoms with van der Waals surface area (Å²) in [4.78, 5) is 24.2. The molecular formula is C20H16N4O2. The highest BCUT2D eigenvalue weighted by Gasteiger charge is 2.08. The SMILES string of the molecule is O=C(CO)c1ccc(Cn2ccc3cc(-c4cncnc4)cnc32)cc1. The van der Waals surface area contributed by atoms with E-state index < -0.39 is 6.61 Å². The standard InChI is InChI=1S/C20H16N4O2/c25-12-19(26)15-3-1-14(2-4-15)11-24-6-5-16-7-17(10-23-20(16)24)18-8-21-13-22-9-18/h1-10,13,25H,11-12H2. The average molecular weight is 344 g/mol. The van der Waals surface area contributed by atoms with Gasteiger partial charge in [0.05, 0.1) is 0 Å². The van der Waals surface area contributed by atoms with Crippen LogP contribution in [0.4, 0.5) is 0 Å². The number of aromatic nitrogens is 4. The Kier molecular flexibility index (Phi) is 4.25. The quantitative estimate of drug-likeness (QED) is 0.563. The molecular weight excluding hydrogens is 328 g/mol. The molecule has 6 nitrogen and oxygen atoms in total. The topological polar surface area (TPSA) is 80.9 Å². The van der Waals surface area contributed by atoms with E-state index in [0.717, 1.165) is 27.7 Å². The number of Topliss-reactive ketones (excluding diaryl/α,β-unsaturated/α-hetero) is 1. The van der Waals surface area contributed by atoms with Gasteiger partial charge >= 0.3 is 0 Å². The Morgan fingerprint density at radius 3 is 2.50 bits per heavy atom. The van der Waals surface area contributed by atoms with Crippen molar-refractivity contribution in [1.29, 1.82) is 0 Å². The molecule has 0 unspecified atom stereocenters. The van der Waals surface area contributed by atoms with Crippen LogP contribution in [0.3, 0.4) is 0 Å². The zero-order valence-corrected chi connectivity index (χ0v) is 13.9. The molecule has 0 radical (unpaired) electrons. The Morgan fingerprint density at radius 1 is 1.00 bits per heavy atom. The maximum Gasteiger partial charge on any atom is 0.188 e. The van der Waals surface area contributed by atoms with Crippen molar-refractivity contribution < 1.29 is 9.90 Å². The number of nitrogens with zero attached hydrogens (tertiary/aromatic N) is 4. The zero-order valence-electron chi connectivity index (χ0n) is 13.9. The van der Waals surface area contributed by atoms with Crippen LogP contribution in [0, 0.1) is 0 Å². The lowest BCUT2D eigenvalue weighted by Crippen LogP contribution is -2.05. The smallest absolute Gasteiger partial charge is 0.188 e. The summed E-state index contributed by atoms with van der Waals surface area (Å²) in [6.07, 6.45) is 8.85. The predicted molar refractivity (Wildman–Crippen MR) is 97.7 cm³/mol. The van der Waals surface area contributed by atoms with E-state index in [0.29, 0.717) is 12.1 Å². The number of hydrogen-bond acceptors (Lipinski definition) is 5. The first-order valence-corrected chi connectivity index (χ1v) is 8.18. The summed E-state index contributed by atoms with van der Waals surface area (Å²) in [6, 6.07) is 11.4. The lowest BCUT2D eigenvalue weighted by atomic mass is 10.1. The molecule has 0 saturated carbocycles. The molecule has 3 aromatic heterocycles. The van der Waals surface area contributed by atoms with Gasteiger partial charge in [-0.25, -0.2) is 15.0 Å². The van der Waals surface area contributed by atoms with Gasteiger partial charge in [0, 0.05) is 53.4 Å². The summed E-state index contributed by atoms with van der Waals surface area (Å²) in [7, 11) is 0. The summed E-state index contributed by atoms with van der Waals surface area (Å²) in [5.41, 5.74) is 4.36. The van der Waals surface area contributed by atoms with Gasteiger partial charge in [-0.2, -0.15) is 0 Å². The molecule has 4 rings (SSSR count). The molecule has 4 aromatic rings.